The molecule has 0 saturated carbocycles. The summed E-state index contributed by atoms with van der Waals surface area (Å²) in [5.74, 6) is -0.0665. The molecular weight excluding hydrogens is 238 g/mol. The minimum Gasteiger partial charge on any atom is -0.497 e. The molecule has 0 radical (unpaired) electrons. The molecule has 0 atom stereocenters. The summed E-state index contributed by atoms with van der Waals surface area (Å²) >= 11 is 0. The molecule has 0 N–H and O–H groups in total. The third-order valence-electron chi connectivity index (χ3n) is 1.88. The highest BCUT2D eigenvalue weighted by Crippen LogP contribution is 2.19. The molecule has 0 heterocycles. The van der Waals surface area contributed by atoms with Crippen molar-refractivity contribution in [2.75, 3.05) is 18.9 Å². The summed E-state index contributed by atoms with van der Waals surface area (Å²) in [6.45, 7) is 2.44. The standard InChI is InChI=1S/C12H15NO5/c1-9(14)8-17-13(18-10(2)15)11-4-6-12(16-3)7-5-11/h4-7H,8H2,1-3H3. The largest absolute Gasteiger partial charge is 0.497 e. The van der Waals surface area contributed by atoms with Gasteiger partial charge in [-0.3, -0.25) is 4.79 Å². The highest BCUT2D eigenvalue weighted by Gasteiger charge is 2.12. The SMILES string of the molecule is COc1ccc(N(OCC(C)=O)OC(C)=O)cc1. The highest BCUT2D eigenvalue weighted by atomic mass is 17.0. The Hall–Kier alpha value is -2.08. The van der Waals surface area contributed by atoms with Crippen LogP contribution in [0.3, 0.4) is 0 Å². The maximum absolute atomic E-state index is 10.9. The molecule has 0 bridgehead atoms. The lowest BCUT2D eigenvalue weighted by molar-refractivity contribution is -0.162. The number of hydrogen-bond acceptors (Lipinski definition) is 6. The van der Waals surface area contributed by atoms with Gasteiger partial charge in [0.1, 0.15) is 18.0 Å². The molecule has 0 aliphatic heterocycles. The minimum atomic E-state index is -0.547. The Kier molecular flexibility index (Phi) is 5.13. The Labute approximate surface area is 105 Å². The first-order valence-electron chi connectivity index (χ1n) is 5.28. The second-order valence-corrected chi connectivity index (χ2v) is 3.51. The Balaban J connectivity index is 2.79. The van der Waals surface area contributed by atoms with Gasteiger partial charge in [-0.2, -0.15) is 0 Å². The molecule has 0 unspecified atom stereocenters. The molecule has 0 amide bonds. The number of ether oxygens (including phenoxy) is 1. The van der Waals surface area contributed by atoms with Crippen LogP contribution in [-0.4, -0.2) is 25.5 Å². The van der Waals surface area contributed by atoms with Gasteiger partial charge in [0.2, 0.25) is 0 Å². The van der Waals surface area contributed by atoms with E-state index >= 15 is 0 Å². The van der Waals surface area contributed by atoms with Crippen LogP contribution >= 0.6 is 0 Å². The molecule has 1 rings (SSSR count). The van der Waals surface area contributed by atoms with Crippen molar-refractivity contribution in [3.05, 3.63) is 24.3 Å². The minimum absolute atomic E-state index is 0.180. The van der Waals surface area contributed by atoms with E-state index < -0.39 is 5.97 Å². The topological polar surface area (TPSA) is 65.1 Å². The third kappa shape index (κ3) is 4.42. The van der Waals surface area contributed by atoms with Crippen LogP contribution in [-0.2, 0) is 19.3 Å². The molecule has 98 valence electrons. The Morgan fingerprint density at radius 3 is 2.22 bits per heavy atom. The van der Waals surface area contributed by atoms with Crippen LogP contribution in [0, 0.1) is 0 Å². The first-order valence-corrected chi connectivity index (χ1v) is 5.28. The number of ketones is 1. The molecule has 18 heavy (non-hydrogen) atoms. The third-order valence-corrected chi connectivity index (χ3v) is 1.88. The van der Waals surface area contributed by atoms with E-state index in [0.717, 1.165) is 5.23 Å². The number of nitrogens with zero attached hydrogens (tertiary/aromatic N) is 1. The summed E-state index contributed by atoms with van der Waals surface area (Å²) < 4.78 is 5.01. The maximum Gasteiger partial charge on any atom is 0.332 e. The van der Waals surface area contributed by atoms with Crippen molar-refractivity contribution in [3.8, 4) is 5.75 Å². The quantitative estimate of drug-likeness (QED) is 0.716. The van der Waals surface area contributed by atoms with Gasteiger partial charge in [-0.05, 0) is 31.2 Å². The fraction of sp³-hybridized carbons (Fsp3) is 0.333. The lowest BCUT2D eigenvalue weighted by atomic mass is 10.3. The number of hydrogen-bond donors (Lipinski definition) is 0. The van der Waals surface area contributed by atoms with Crippen LogP contribution in [0.1, 0.15) is 13.8 Å². The second-order valence-electron chi connectivity index (χ2n) is 3.51. The number of methoxy groups -OCH3 is 1. The van der Waals surface area contributed by atoms with Crippen LogP contribution in [0.15, 0.2) is 24.3 Å². The lowest BCUT2D eigenvalue weighted by Crippen LogP contribution is -2.28. The van der Waals surface area contributed by atoms with Crippen LogP contribution < -0.4 is 9.96 Å². The predicted molar refractivity (Wildman–Crippen MR) is 63.9 cm³/mol. The van der Waals surface area contributed by atoms with Crippen molar-refractivity contribution < 1.29 is 24.0 Å². The average molecular weight is 253 g/mol. The first kappa shape index (κ1) is 14.0. The van der Waals surface area contributed by atoms with Gasteiger partial charge in [-0.25, -0.2) is 9.63 Å². The molecule has 1 aromatic rings. The van der Waals surface area contributed by atoms with Gasteiger partial charge in [0.05, 0.1) is 7.11 Å². The molecular formula is C12H15NO5. The van der Waals surface area contributed by atoms with E-state index in [4.69, 9.17) is 14.4 Å². The fourth-order valence-electron chi connectivity index (χ4n) is 1.12. The Morgan fingerprint density at radius 1 is 1.17 bits per heavy atom. The normalized spacial score (nSPS) is 9.72. The molecule has 0 saturated heterocycles. The van der Waals surface area contributed by atoms with E-state index in [-0.39, 0.29) is 12.4 Å². The summed E-state index contributed by atoms with van der Waals surface area (Å²) in [4.78, 5) is 31.7. The van der Waals surface area contributed by atoms with E-state index in [2.05, 4.69) is 0 Å². The van der Waals surface area contributed by atoms with E-state index in [0.29, 0.717) is 11.4 Å². The second kappa shape index (κ2) is 6.61. The van der Waals surface area contributed by atoms with Gasteiger partial charge >= 0.3 is 5.97 Å². The van der Waals surface area contributed by atoms with Crippen molar-refractivity contribution >= 4 is 17.4 Å². The first-order chi connectivity index (χ1) is 8.52. The molecule has 0 fully saturated rings. The zero-order chi connectivity index (χ0) is 13.5. The highest BCUT2D eigenvalue weighted by molar-refractivity contribution is 5.76. The van der Waals surface area contributed by atoms with Crippen LogP contribution in [0.25, 0.3) is 0 Å². The van der Waals surface area contributed by atoms with Gasteiger partial charge in [0.15, 0.2) is 5.78 Å². The molecule has 6 nitrogen and oxygen atoms in total. The van der Waals surface area contributed by atoms with Crippen molar-refractivity contribution in [3.63, 3.8) is 0 Å². The summed E-state index contributed by atoms with van der Waals surface area (Å²) in [6.07, 6.45) is 0. The van der Waals surface area contributed by atoms with Gasteiger partial charge in [0, 0.05) is 6.92 Å². The monoisotopic (exact) mass is 253 g/mol. The smallest absolute Gasteiger partial charge is 0.332 e. The van der Waals surface area contributed by atoms with Gasteiger partial charge in [-0.15, -0.1) is 0 Å². The number of benzene rings is 1. The summed E-state index contributed by atoms with van der Waals surface area (Å²) in [7, 11) is 1.55. The van der Waals surface area contributed by atoms with Crippen molar-refractivity contribution in [1.82, 2.24) is 0 Å². The van der Waals surface area contributed by atoms with E-state index in [1.807, 2.05) is 0 Å². The zero-order valence-corrected chi connectivity index (χ0v) is 10.5. The lowest BCUT2D eigenvalue weighted by Gasteiger charge is -2.20. The van der Waals surface area contributed by atoms with E-state index in [9.17, 15) is 9.59 Å². The van der Waals surface area contributed by atoms with Gasteiger partial charge in [-0.1, -0.05) is 5.23 Å². The zero-order valence-electron chi connectivity index (χ0n) is 10.5. The number of carbonyl (C=O) groups excluding carboxylic acids is 2. The van der Waals surface area contributed by atoms with E-state index in [1.165, 1.54) is 13.8 Å². The predicted octanol–water partition coefficient (Wildman–Crippen LogP) is 1.50. The fourth-order valence-corrected chi connectivity index (χ4v) is 1.12. The van der Waals surface area contributed by atoms with Crippen molar-refractivity contribution in [1.29, 1.82) is 0 Å². The maximum atomic E-state index is 10.9. The molecule has 0 spiro atoms. The Morgan fingerprint density at radius 2 is 1.78 bits per heavy atom. The number of rotatable bonds is 6. The molecule has 0 aliphatic carbocycles. The van der Waals surface area contributed by atoms with Crippen molar-refractivity contribution in [2.45, 2.75) is 13.8 Å². The number of carbonyl (C=O) groups is 2. The number of anilines is 1. The number of Topliss-reactive ketones (excluding diaryl/α,β-unsaturated/α-hetero) is 1. The van der Waals surface area contributed by atoms with Crippen LogP contribution in [0.5, 0.6) is 5.75 Å². The average Bonchev–Trinajstić information content (AvgIpc) is 2.34. The van der Waals surface area contributed by atoms with Gasteiger partial charge in [0.25, 0.3) is 0 Å². The summed E-state index contributed by atoms with van der Waals surface area (Å²) in [5.41, 5.74) is 0.479. The van der Waals surface area contributed by atoms with E-state index in [1.54, 1.807) is 31.4 Å². The van der Waals surface area contributed by atoms with Crippen LogP contribution in [0.4, 0.5) is 5.69 Å². The molecule has 6 heteroatoms. The van der Waals surface area contributed by atoms with Crippen LogP contribution in [0.2, 0.25) is 0 Å². The van der Waals surface area contributed by atoms with Crippen molar-refractivity contribution in [2.24, 2.45) is 0 Å². The summed E-state index contributed by atoms with van der Waals surface area (Å²) in [5, 5.41) is 0.906. The molecule has 0 aromatic heterocycles. The molecule has 0 aliphatic rings. The summed E-state index contributed by atoms with van der Waals surface area (Å²) in [6, 6.07) is 6.65. The Bertz CT molecular complexity index is 415. The van der Waals surface area contributed by atoms with Gasteiger partial charge < -0.3 is 9.57 Å². The molecule has 1 aromatic carbocycles.